The van der Waals surface area contributed by atoms with Crippen molar-refractivity contribution in [1.29, 1.82) is 0 Å². The van der Waals surface area contributed by atoms with Crippen molar-refractivity contribution >= 4 is 17.3 Å². The Morgan fingerprint density at radius 1 is 1.20 bits per heavy atom. The Balaban J connectivity index is 1.63. The molecule has 3 rings (SSSR count). The SMILES string of the molecule is CC(C)N1CCC(NC(=O)c2ccc(NC3CC3)c([N+](=O)[O-])c2)CC1. The summed E-state index contributed by atoms with van der Waals surface area (Å²) >= 11 is 0. The zero-order valence-corrected chi connectivity index (χ0v) is 14.8. The number of anilines is 1. The maximum absolute atomic E-state index is 12.5. The molecular weight excluding hydrogens is 320 g/mol. The Morgan fingerprint density at radius 3 is 2.44 bits per heavy atom. The van der Waals surface area contributed by atoms with Gasteiger partial charge in [0, 0.05) is 42.8 Å². The Kier molecular flexibility index (Phi) is 5.22. The van der Waals surface area contributed by atoms with Gasteiger partial charge in [-0.2, -0.15) is 0 Å². The van der Waals surface area contributed by atoms with Crippen molar-refractivity contribution in [3.05, 3.63) is 33.9 Å². The normalized spacial score (nSPS) is 19.0. The summed E-state index contributed by atoms with van der Waals surface area (Å²) in [7, 11) is 0. The van der Waals surface area contributed by atoms with Crippen molar-refractivity contribution in [3.8, 4) is 0 Å². The van der Waals surface area contributed by atoms with Gasteiger partial charge in [-0.1, -0.05) is 0 Å². The van der Waals surface area contributed by atoms with Gasteiger partial charge in [0.25, 0.3) is 11.6 Å². The molecule has 0 bridgehead atoms. The van der Waals surface area contributed by atoms with Gasteiger partial charge in [0.15, 0.2) is 0 Å². The number of piperidine rings is 1. The van der Waals surface area contributed by atoms with Crippen LogP contribution in [0.25, 0.3) is 0 Å². The number of nitro benzene ring substituents is 1. The maximum atomic E-state index is 12.5. The first-order valence-electron chi connectivity index (χ1n) is 9.04. The van der Waals surface area contributed by atoms with Crippen LogP contribution >= 0.6 is 0 Å². The Bertz CT molecular complexity index is 650. The smallest absolute Gasteiger partial charge is 0.293 e. The summed E-state index contributed by atoms with van der Waals surface area (Å²) in [5, 5.41) is 17.5. The fourth-order valence-corrected chi connectivity index (χ4v) is 3.22. The molecule has 1 aromatic rings. The Morgan fingerprint density at radius 2 is 1.88 bits per heavy atom. The third kappa shape index (κ3) is 4.48. The number of hydrogen-bond donors (Lipinski definition) is 2. The first-order chi connectivity index (χ1) is 11.9. The zero-order chi connectivity index (χ0) is 18.0. The quantitative estimate of drug-likeness (QED) is 0.611. The second-order valence-electron chi connectivity index (χ2n) is 7.29. The molecule has 1 amide bonds. The molecule has 0 radical (unpaired) electrons. The van der Waals surface area contributed by atoms with Crippen LogP contribution < -0.4 is 10.6 Å². The van der Waals surface area contributed by atoms with Gasteiger partial charge in [0.2, 0.25) is 0 Å². The predicted molar refractivity (Wildman–Crippen MR) is 96.9 cm³/mol. The zero-order valence-electron chi connectivity index (χ0n) is 14.8. The van der Waals surface area contributed by atoms with E-state index in [-0.39, 0.29) is 17.6 Å². The largest absolute Gasteiger partial charge is 0.377 e. The van der Waals surface area contributed by atoms with Crippen LogP contribution in [0, 0.1) is 10.1 Å². The lowest BCUT2D eigenvalue weighted by Crippen LogP contribution is -2.46. The monoisotopic (exact) mass is 346 g/mol. The number of benzene rings is 1. The van der Waals surface area contributed by atoms with Crippen LogP contribution in [0.15, 0.2) is 18.2 Å². The fourth-order valence-electron chi connectivity index (χ4n) is 3.22. The fraction of sp³-hybridized carbons (Fsp3) is 0.611. The summed E-state index contributed by atoms with van der Waals surface area (Å²) in [5.41, 5.74) is 0.808. The third-order valence-corrected chi connectivity index (χ3v) is 4.99. The van der Waals surface area contributed by atoms with Gasteiger partial charge in [-0.3, -0.25) is 14.9 Å². The van der Waals surface area contributed by atoms with Crippen LogP contribution in [-0.2, 0) is 0 Å². The first-order valence-corrected chi connectivity index (χ1v) is 9.04. The lowest BCUT2D eigenvalue weighted by atomic mass is 10.0. The molecule has 2 fully saturated rings. The van der Waals surface area contributed by atoms with Crippen molar-refractivity contribution in [3.63, 3.8) is 0 Å². The lowest BCUT2D eigenvalue weighted by Gasteiger charge is -2.34. The molecule has 1 aliphatic heterocycles. The van der Waals surface area contributed by atoms with Gasteiger partial charge >= 0.3 is 0 Å². The number of nitro groups is 1. The molecule has 1 saturated carbocycles. The topological polar surface area (TPSA) is 87.5 Å². The highest BCUT2D eigenvalue weighted by molar-refractivity contribution is 5.96. The van der Waals surface area contributed by atoms with Gasteiger partial charge in [-0.25, -0.2) is 0 Å². The molecule has 1 heterocycles. The van der Waals surface area contributed by atoms with Crippen molar-refractivity contribution in [2.75, 3.05) is 18.4 Å². The average molecular weight is 346 g/mol. The maximum Gasteiger partial charge on any atom is 0.293 e. The highest BCUT2D eigenvalue weighted by Gasteiger charge is 2.26. The third-order valence-electron chi connectivity index (χ3n) is 4.99. The summed E-state index contributed by atoms with van der Waals surface area (Å²) in [5.74, 6) is -0.232. The Labute approximate surface area is 147 Å². The average Bonchev–Trinajstić information content (AvgIpc) is 3.39. The molecule has 1 aromatic carbocycles. The van der Waals surface area contributed by atoms with Crippen molar-refractivity contribution in [2.45, 2.75) is 57.7 Å². The summed E-state index contributed by atoms with van der Waals surface area (Å²) in [4.78, 5) is 25.8. The van der Waals surface area contributed by atoms with E-state index in [1.165, 1.54) is 6.07 Å². The lowest BCUT2D eigenvalue weighted by molar-refractivity contribution is -0.384. The van der Waals surface area contributed by atoms with E-state index in [0.717, 1.165) is 38.8 Å². The number of nitrogens with one attached hydrogen (secondary N) is 2. The van der Waals surface area contributed by atoms with E-state index in [2.05, 4.69) is 29.4 Å². The molecule has 136 valence electrons. The van der Waals surface area contributed by atoms with E-state index < -0.39 is 4.92 Å². The molecule has 0 atom stereocenters. The van der Waals surface area contributed by atoms with Gasteiger partial charge in [0.1, 0.15) is 5.69 Å². The highest BCUT2D eigenvalue weighted by atomic mass is 16.6. The molecule has 1 saturated heterocycles. The molecule has 25 heavy (non-hydrogen) atoms. The second kappa shape index (κ2) is 7.39. The van der Waals surface area contributed by atoms with E-state index in [0.29, 0.717) is 23.3 Å². The number of amides is 1. The molecule has 0 spiro atoms. The number of nitrogens with zero attached hydrogens (tertiary/aromatic N) is 2. The predicted octanol–water partition coefficient (Wildman–Crippen LogP) is 2.77. The summed E-state index contributed by atoms with van der Waals surface area (Å²) in [6, 6.07) is 5.66. The van der Waals surface area contributed by atoms with E-state index in [4.69, 9.17) is 0 Å². The number of carbonyl (C=O) groups excluding carboxylic acids is 1. The van der Waals surface area contributed by atoms with Gasteiger partial charge in [-0.05, 0) is 51.7 Å². The van der Waals surface area contributed by atoms with Crippen LogP contribution in [0.3, 0.4) is 0 Å². The molecule has 0 aromatic heterocycles. The summed E-state index contributed by atoms with van der Waals surface area (Å²) in [6.45, 7) is 6.28. The summed E-state index contributed by atoms with van der Waals surface area (Å²) in [6.07, 6.45) is 3.89. The van der Waals surface area contributed by atoms with Gasteiger partial charge in [-0.15, -0.1) is 0 Å². The van der Waals surface area contributed by atoms with Crippen LogP contribution in [0.2, 0.25) is 0 Å². The minimum absolute atomic E-state index is 0.0332. The van der Waals surface area contributed by atoms with E-state index >= 15 is 0 Å². The first kappa shape index (κ1) is 17.7. The van der Waals surface area contributed by atoms with Crippen molar-refractivity contribution in [2.24, 2.45) is 0 Å². The summed E-state index contributed by atoms with van der Waals surface area (Å²) < 4.78 is 0. The van der Waals surface area contributed by atoms with Crippen molar-refractivity contribution in [1.82, 2.24) is 10.2 Å². The number of rotatable bonds is 6. The van der Waals surface area contributed by atoms with Crippen LogP contribution in [0.1, 0.15) is 49.9 Å². The van der Waals surface area contributed by atoms with Crippen LogP contribution in [0.4, 0.5) is 11.4 Å². The van der Waals surface area contributed by atoms with E-state index in [1.54, 1.807) is 12.1 Å². The highest BCUT2D eigenvalue weighted by Crippen LogP contribution is 2.31. The minimum atomic E-state index is -0.428. The second-order valence-corrected chi connectivity index (χ2v) is 7.29. The molecule has 1 aliphatic carbocycles. The van der Waals surface area contributed by atoms with E-state index in [9.17, 15) is 14.9 Å². The Hall–Kier alpha value is -2.15. The van der Waals surface area contributed by atoms with Gasteiger partial charge in [0.05, 0.1) is 4.92 Å². The number of likely N-dealkylation sites (tertiary alicyclic amines) is 1. The van der Waals surface area contributed by atoms with E-state index in [1.807, 2.05) is 0 Å². The van der Waals surface area contributed by atoms with Gasteiger partial charge < -0.3 is 15.5 Å². The van der Waals surface area contributed by atoms with Crippen LogP contribution in [0.5, 0.6) is 0 Å². The minimum Gasteiger partial charge on any atom is -0.377 e. The number of hydrogen-bond acceptors (Lipinski definition) is 5. The number of carbonyl (C=O) groups is 1. The molecule has 7 heteroatoms. The molecule has 0 unspecified atom stereocenters. The van der Waals surface area contributed by atoms with Crippen LogP contribution in [-0.4, -0.2) is 46.9 Å². The molecule has 2 aliphatic rings. The standard InChI is InChI=1S/C18H26N4O3/c1-12(2)21-9-7-15(8-10-21)20-18(23)13-3-6-16(19-14-4-5-14)17(11-13)22(24)25/h3,6,11-12,14-15,19H,4-5,7-10H2,1-2H3,(H,20,23). The van der Waals surface area contributed by atoms with Crippen molar-refractivity contribution < 1.29 is 9.72 Å². The molecule has 7 nitrogen and oxygen atoms in total. The molecule has 2 N–H and O–H groups in total. The molecular formula is C18H26N4O3.